The summed E-state index contributed by atoms with van der Waals surface area (Å²) in [6, 6.07) is 7.49. The Kier molecular flexibility index (Phi) is 6.41. The maximum absolute atomic E-state index is 10.9. The molecule has 1 unspecified atom stereocenters. The molecule has 1 aliphatic rings. The molecule has 0 bridgehead atoms. The molecule has 0 heterocycles. The lowest BCUT2D eigenvalue weighted by atomic mass is 9.64. The fourth-order valence-corrected chi connectivity index (χ4v) is 4.09. The van der Waals surface area contributed by atoms with Gasteiger partial charge < -0.3 is 5.11 Å². The molecule has 1 nitrogen and oxygen atoms in total. The first kappa shape index (κ1) is 20.3. The molecule has 1 atom stereocenters. The first-order valence-corrected chi connectivity index (χ1v) is 9.16. The van der Waals surface area contributed by atoms with Gasteiger partial charge >= 0.3 is 0 Å². The summed E-state index contributed by atoms with van der Waals surface area (Å²) in [6.07, 6.45) is 15.9. The number of hydrogen-bond acceptors (Lipinski definition) is 1. The van der Waals surface area contributed by atoms with Gasteiger partial charge in [-0.2, -0.15) is 0 Å². The summed E-state index contributed by atoms with van der Waals surface area (Å²) in [6.45, 7) is 18.2. The van der Waals surface area contributed by atoms with Crippen molar-refractivity contribution in [1.82, 2.24) is 0 Å². The van der Waals surface area contributed by atoms with Gasteiger partial charge in [0, 0.05) is 5.56 Å². The molecule has 0 aromatic heterocycles. The smallest absolute Gasteiger partial charge is 0.120 e. The SMILES string of the molecule is C=CC1=C(C=C)C(C(/C=C\C)=C/C)(c2ccccc2O)C(/C=C\C)=C1C=C. The second-order valence-corrected chi connectivity index (χ2v) is 6.28. The number of rotatable bonds is 7. The van der Waals surface area contributed by atoms with E-state index in [0.29, 0.717) is 0 Å². The van der Waals surface area contributed by atoms with Crippen molar-refractivity contribution in [2.45, 2.75) is 26.2 Å². The topological polar surface area (TPSA) is 20.2 Å². The van der Waals surface area contributed by atoms with Gasteiger partial charge in [0.25, 0.3) is 0 Å². The third-order valence-corrected chi connectivity index (χ3v) is 5.02. The van der Waals surface area contributed by atoms with Crippen molar-refractivity contribution >= 4 is 0 Å². The minimum Gasteiger partial charge on any atom is -0.508 e. The van der Waals surface area contributed by atoms with Gasteiger partial charge in [0.1, 0.15) is 5.75 Å². The zero-order valence-electron chi connectivity index (χ0n) is 16.5. The summed E-state index contributed by atoms with van der Waals surface area (Å²) in [5.74, 6) is 0.247. The number of phenolic OH excluding ortho intramolecular Hbond substituents is 1. The fourth-order valence-electron chi connectivity index (χ4n) is 4.09. The van der Waals surface area contributed by atoms with Crippen LogP contribution in [-0.4, -0.2) is 5.11 Å². The van der Waals surface area contributed by atoms with E-state index in [0.717, 1.165) is 33.4 Å². The van der Waals surface area contributed by atoms with E-state index in [1.165, 1.54) is 0 Å². The van der Waals surface area contributed by atoms with E-state index in [9.17, 15) is 5.11 Å². The van der Waals surface area contributed by atoms with Crippen LogP contribution in [0.5, 0.6) is 5.75 Å². The highest BCUT2D eigenvalue weighted by atomic mass is 16.3. The molecule has 1 aliphatic carbocycles. The van der Waals surface area contributed by atoms with E-state index in [4.69, 9.17) is 0 Å². The lowest BCUT2D eigenvalue weighted by Gasteiger charge is -2.37. The molecule has 1 heteroatoms. The largest absolute Gasteiger partial charge is 0.508 e. The van der Waals surface area contributed by atoms with Crippen molar-refractivity contribution in [1.29, 1.82) is 0 Å². The van der Waals surface area contributed by atoms with E-state index >= 15 is 0 Å². The van der Waals surface area contributed by atoms with Gasteiger partial charge in [0.2, 0.25) is 0 Å². The third-order valence-electron chi connectivity index (χ3n) is 5.02. The number of phenols is 1. The molecule has 1 aromatic rings. The van der Waals surface area contributed by atoms with Gasteiger partial charge in [-0.25, -0.2) is 0 Å². The van der Waals surface area contributed by atoms with Gasteiger partial charge in [-0.1, -0.05) is 86.5 Å². The summed E-state index contributed by atoms with van der Waals surface area (Å²) in [7, 11) is 0. The average molecular weight is 357 g/mol. The highest BCUT2D eigenvalue weighted by Crippen LogP contribution is 2.57. The molecule has 0 radical (unpaired) electrons. The van der Waals surface area contributed by atoms with Gasteiger partial charge in [-0.15, -0.1) is 0 Å². The minimum absolute atomic E-state index is 0.247. The van der Waals surface area contributed by atoms with Crippen molar-refractivity contribution in [3.05, 3.63) is 126 Å². The zero-order chi connectivity index (χ0) is 20.0. The van der Waals surface area contributed by atoms with Crippen LogP contribution in [0.1, 0.15) is 26.3 Å². The molecule has 2 rings (SSSR count). The molecule has 0 saturated carbocycles. The fraction of sp³-hybridized carbons (Fsp3) is 0.154. The second-order valence-electron chi connectivity index (χ2n) is 6.28. The van der Waals surface area contributed by atoms with Crippen LogP contribution in [0, 0.1) is 0 Å². The molecular formula is C26H28O. The highest BCUT2D eigenvalue weighted by Gasteiger charge is 2.47. The quantitative estimate of drug-likeness (QED) is 0.527. The van der Waals surface area contributed by atoms with Crippen molar-refractivity contribution in [2.75, 3.05) is 0 Å². The van der Waals surface area contributed by atoms with Crippen molar-refractivity contribution in [2.24, 2.45) is 0 Å². The highest BCUT2D eigenvalue weighted by molar-refractivity contribution is 5.78. The predicted molar refractivity (Wildman–Crippen MR) is 118 cm³/mol. The van der Waals surface area contributed by atoms with Gasteiger partial charge in [0.15, 0.2) is 0 Å². The first-order valence-electron chi connectivity index (χ1n) is 9.16. The maximum Gasteiger partial charge on any atom is 0.120 e. The van der Waals surface area contributed by atoms with Gasteiger partial charge in [0.05, 0.1) is 5.41 Å². The normalized spacial score (nSPS) is 20.8. The standard InChI is InChI=1S/C26H28O/c1-7-15-19(9-3)26(24-17-13-14-18-25(24)27)22(12-6)20(10-4)21(11-5)23(26)16-8-2/h7-18,27H,4-6H2,1-3H3/b15-7-,16-8-,19-9+. The summed E-state index contributed by atoms with van der Waals surface area (Å²) in [5.41, 5.74) is 5.23. The lowest BCUT2D eigenvalue weighted by molar-refractivity contribution is 0.460. The zero-order valence-corrected chi connectivity index (χ0v) is 16.5. The van der Waals surface area contributed by atoms with Crippen LogP contribution in [0.25, 0.3) is 0 Å². The Morgan fingerprint density at radius 3 is 2.00 bits per heavy atom. The van der Waals surface area contributed by atoms with Crippen LogP contribution >= 0.6 is 0 Å². The molecule has 27 heavy (non-hydrogen) atoms. The van der Waals surface area contributed by atoms with Crippen LogP contribution in [0.4, 0.5) is 0 Å². The van der Waals surface area contributed by atoms with E-state index in [-0.39, 0.29) is 5.75 Å². The van der Waals surface area contributed by atoms with Crippen molar-refractivity contribution < 1.29 is 5.11 Å². The van der Waals surface area contributed by atoms with E-state index in [2.05, 4.69) is 38.0 Å². The number of benzene rings is 1. The number of allylic oxidation sites excluding steroid dienone is 13. The molecule has 0 amide bonds. The Morgan fingerprint density at radius 1 is 0.889 bits per heavy atom. The Bertz CT molecular complexity index is 915. The monoisotopic (exact) mass is 356 g/mol. The summed E-state index contributed by atoms with van der Waals surface area (Å²) >= 11 is 0. The van der Waals surface area contributed by atoms with Crippen LogP contribution in [0.3, 0.4) is 0 Å². The van der Waals surface area contributed by atoms with E-state index in [1.54, 1.807) is 6.07 Å². The number of aromatic hydroxyl groups is 1. The molecule has 0 aliphatic heterocycles. The van der Waals surface area contributed by atoms with Crippen LogP contribution in [-0.2, 0) is 5.41 Å². The lowest BCUT2D eigenvalue weighted by Crippen LogP contribution is -2.30. The van der Waals surface area contributed by atoms with Crippen LogP contribution in [0.2, 0.25) is 0 Å². The third kappa shape index (κ3) is 3.00. The Hall–Kier alpha value is -3.06. The molecule has 1 N–H and O–H groups in total. The van der Waals surface area contributed by atoms with Crippen LogP contribution in [0.15, 0.2) is 120 Å². The number of para-hydroxylation sites is 1. The summed E-state index contributed by atoms with van der Waals surface area (Å²) < 4.78 is 0. The molecular weight excluding hydrogens is 328 g/mol. The molecule has 0 fully saturated rings. The number of hydrogen-bond donors (Lipinski definition) is 1. The molecule has 1 aromatic carbocycles. The van der Waals surface area contributed by atoms with E-state index in [1.807, 2.05) is 69.4 Å². The molecule has 0 saturated heterocycles. The Balaban J connectivity index is 3.19. The minimum atomic E-state index is -0.687. The van der Waals surface area contributed by atoms with Crippen molar-refractivity contribution in [3.8, 4) is 5.75 Å². The first-order chi connectivity index (χ1) is 13.1. The van der Waals surface area contributed by atoms with E-state index < -0.39 is 5.41 Å². The summed E-state index contributed by atoms with van der Waals surface area (Å²) in [5, 5.41) is 10.9. The Morgan fingerprint density at radius 2 is 1.52 bits per heavy atom. The Labute approximate surface area is 163 Å². The van der Waals surface area contributed by atoms with Crippen LogP contribution < -0.4 is 0 Å². The molecule has 0 spiro atoms. The van der Waals surface area contributed by atoms with Gasteiger partial charge in [-0.05, 0) is 54.7 Å². The van der Waals surface area contributed by atoms with Crippen molar-refractivity contribution in [3.63, 3.8) is 0 Å². The maximum atomic E-state index is 10.9. The average Bonchev–Trinajstić information content (AvgIpc) is 2.95. The predicted octanol–water partition coefficient (Wildman–Crippen LogP) is 6.89. The van der Waals surface area contributed by atoms with Gasteiger partial charge in [-0.3, -0.25) is 0 Å². The molecule has 138 valence electrons. The second kappa shape index (κ2) is 8.55. The summed E-state index contributed by atoms with van der Waals surface area (Å²) in [4.78, 5) is 0.